The summed E-state index contributed by atoms with van der Waals surface area (Å²) in [6, 6.07) is 1.02. The summed E-state index contributed by atoms with van der Waals surface area (Å²) >= 11 is 0. The predicted molar refractivity (Wildman–Crippen MR) is 96.7 cm³/mol. The van der Waals surface area contributed by atoms with Crippen molar-refractivity contribution in [3.05, 3.63) is 61.9 Å². The first-order valence-electron chi connectivity index (χ1n) is 8.33. The van der Waals surface area contributed by atoms with E-state index in [0.717, 1.165) is 9.13 Å². The highest BCUT2D eigenvalue weighted by Crippen LogP contribution is 2.38. The molecule has 3 rings (SSSR count). The van der Waals surface area contributed by atoms with Crippen LogP contribution in [0.5, 0.6) is 0 Å². The molecule has 30 heavy (non-hydrogen) atoms. The number of halogens is 6. The third-order valence-electron chi connectivity index (χ3n) is 4.52. The second-order valence-corrected chi connectivity index (χ2v) is 6.64. The van der Waals surface area contributed by atoms with Crippen molar-refractivity contribution in [1.29, 1.82) is 0 Å². The van der Waals surface area contributed by atoms with Crippen LogP contribution in [0.2, 0.25) is 0 Å². The van der Waals surface area contributed by atoms with Gasteiger partial charge in [-0.15, -0.1) is 0 Å². The number of nitrogens with one attached hydrogen (secondary N) is 1. The Bertz CT molecular complexity index is 1240. The molecular weight excluding hydrogens is 418 g/mol. The van der Waals surface area contributed by atoms with Crippen LogP contribution in [0.15, 0.2) is 34.0 Å². The molecule has 0 aliphatic carbocycles. The number of hydrogen-bond donors (Lipinski definition) is 1. The number of aromatic nitrogens is 3. The molecule has 0 saturated carbocycles. The van der Waals surface area contributed by atoms with E-state index < -0.39 is 40.4 Å². The van der Waals surface area contributed by atoms with Crippen LogP contribution >= 0.6 is 0 Å². The van der Waals surface area contributed by atoms with E-state index in [1.807, 2.05) is 0 Å². The van der Waals surface area contributed by atoms with Crippen LogP contribution in [0.3, 0.4) is 0 Å². The van der Waals surface area contributed by atoms with Gasteiger partial charge in [0, 0.05) is 26.0 Å². The maximum absolute atomic E-state index is 13.1. The highest BCUT2D eigenvalue weighted by molar-refractivity contribution is 5.92. The minimum Gasteiger partial charge on any atom is -0.354 e. The van der Waals surface area contributed by atoms with Gasteiger partial charge >= 0.3 is 18.0 Å². The van der Waals surface area contributed by atoms with Crippen molar-refractivity contribution < 1.29 is 26.3 Å². The summed E-state index contributed by atoms with van der Waals surface area (Å²) in [5, 5.41) is 2.34. The molecule has 160 valence electrons. The Morgan fingerprint density at radius 3 is 1.93 bits per heavy atom. The van der Waals surface area contributed by atoms with Gasteiger partial charge in [-0.05, 0) is 30.7 Å². The molecule has 2 aromatic heterocycles. The first-order valence-corrected chi connectivity index (χ1v) is 8.33. The first-order chi connectivity index (χ1) is 13.7. The lowest BCUT2D eigenvalue weighted by Crippen LogP contribution is -2.37. The van der Waals surface area contributed by atoms with E-state index in [1.54, 1.807) is 0 Å². The number of fused-ring (bicyclic) bond motifs is 1. The van der Waals surface area contributed by atoms with E-state index >= 15 is 0 Å². The normalized spacial score (nSPS) is 12.4. The van der Waals surface area contributed by atoms with Crippen LogP contribution in [0, 0.1) is 6.92 Å². The summed E-state index contributed by atoms with van der Waals surface area (Å²) < 4.78 is 80.6. The molecular formula is C18H14F6N4O2. The van der Waals surface area contributed by atoms with Crippen molar-refractivity contribution in [2.24, 2.45) is 14.1 Å². The number of anilines is 2. The van der Waals surface area contributed by atoms with Crippen LogP contribution in [-0.2, 0) is 26.4 Å². The molecule has 0 atom stereocenters. The Kier molecular flexibility index (Phi) is 4.91. The SMILES string of the molecule is Cc1cnc2c(c1Nc1cc(C(F)(F)F)cc(C(F)(F)F)c1)c(=O)n(C)c(=O)n2C. The minimum atomic E-state index is -5.02. The van der Waals surface area contributed by atoms with Crippen LogP contribution in [0.4, 0.5) is 37.7 Å². The van der Waals surface area contributed by atoms with Crippen molar-refractivity contribution in [2.45, 2.75) is 19.3 Å². The predicted octanol–water partition coefficient (Wildman–Crippen LogP) is 3.72. The Hall–Kier alpha value is -3.31. The minimum absolute atomic E-state index is 0.00538. The fraction of sp³-hybridized carbons (Fsp3) is 0.278. The molecule has 0 saturated heterocycles. The van der Waals surface area contributed by atoms with Gasteiger partial charge in [-0.3, -0.25) is 13.9 Å². The number of alkyl halides is 6. The number of hydrogen-bond acceptors (Lipinski definition) is 4. The van der Waals surface area contributed by atoms with Gasteiger partial charge in [0.15, 0.2) is 5.65 Å². The van der Waals surface area contributed by atoms with Gasteiger partial charge in [-0.1, -0.05) is 0 Å². The Labute approximate surface area is 164 Å². The third kappa shape index (κ3) is 3.64. The molecule has 1 aromatic carbocycles. The number of nitrogens with zero attached hydrogens (tertiary/aromatic N) is 3. The molecule has 0 bridgehead atoms. The maximum Gasteiger partial charge on any atom is 0.416 e. The monoisotopic (exact) mass is 432 g/mol. The molecule has 0 aliphatic rings. The van der Waals surface area contributed by atoms with E-state index in [4.69, 9.17) is 0 Å². The van der Waals surface area contributed by atoms with E-state index in [9.17, 15) is 35.9 Å². The fourth-order valence-electron chi connectivity index (χ4n) is 2.96. The van der Waals surface area contributed by atoms with E-state index in [-0.39, 0.29) is 28.4 Å². The van der Waals surface area contributed by atoms with E-state index in [0.29, 0.717) is 12.1 Å². The summed E-state index contributed by atoms with van der Waals surface area (Å²) in [5.41, 5.74) is -4.86. The first kappa shape index (κ1) is 21.4. The molecule has 0 unspecified atom stereocenters. The topological polar surface area (TPSA) is 68.9 Å². The Morgan fingerprint density at radius 2 is 1.43 bits per heavy atom. The lowest BCUT2D eigenvalue weighted by molar-refractivity contribution is -0.143. The van der Waals surface area contributed by atoms with Crippen molar-refractivity contribution in [2.75, 3.05) is 5.32 Å². The number of rotatable bonds is 2. The van der Waals surface area contributed by atoms with Crippen LogP contribution in [0.25, 0.3) is 11.0 Å². The Morgan fingerprint density at radius 1 is 0.900 bits per heavy atom. The van der Waals surface area contributed by atoms with Crippen molar-refractivity contribution in [3.8, 4) is 0 Å². The average Bonchev–Trinajstić information content (AvgIpc) is 2.64. The molecule has 0 fully saturated rings. The second-order valence-electron chi connectivity index (χ2n) is 6.64. The standard InChI is InChI=1S/C18H14F6N4O2/c1-8-7-25-14-12(15(29)28(3)16(30)27(14)2)13(8)26-11-5-9(17(19,20)21)4-10(6-11)18(22,23)24/h4-7H,1-3H3,(H,25,26). The summed E-state index contributed by atoms with van der Waals surface area (Å²) in [6.45, 7) is 1.47. The maximum atomic E-state index is 13.1. The van der Waals surface area contributed by atoms with Crippen LogP contribution in [-0.4, -0.2) is 14.1 Å². The second kappa shape index (κ2) is 6.89. The molecule has 0 radical (unpaired) electrons. The largest absolute Gasteiger partial charge is 0.416 e. The van der Waals surface area contributed by atoms with Crippen molar-refractivity contribution in [3.63, 3.8) is 0 Å². The number of pyridine rings is 1. The molecule has 1 N–H and O–H groups in total. The average molecular weight is 432 g/mol. The zero-order valence-electron chi connectivity index (χ0n) is 15.7. The van der Waals surface area contributed by atoms with Crippen molar-refractivity contribution >= 4 is 22.4 Å². The number of aryl methyl sites for hydroxylation is 2. The van der Waals surface area contributed by atoms with Gasteiger partial charge in [0.1, 0.15) is 5.39 Å². The van der Waals surface area contributed by atoms with Gasteiger partial charge in [0.25, 0.3) is 5.56 Å². The van der Waals surface area contributed by atoms with E-state index in [1.165, 1.54) is 27.2 Å². The summed E-state index contributed by atoms with van der Waals surface area (Å²) in [7, 11) is 2.53. The lowest BCUT2D eigenvalue weighted by atomic mass is 10.1. The number of benzene rings is 1. The molecule has 0 aliphatic heterocycles. The van der Waals surface area contributed by atoms with E-state index in [2.05, 4.69) is 10.3 Å². The van der Waals surface area contributed by atoms with Crippen LogP contribution in [0.1, 0.15) is 16.7 Å². The zero-order valence-corrected chi connectivity index (χ0v) is 15.7. The smallest absolute Gasteiger partial charge is 0.354 e. The quantitative estimate of drug-likeness (QED) is 0.627. The zero-order chi connectivity index (χ0) is 22.6. The van der Waals surface area contributed by atoms with Gasteiger partial charge in [-0.25, -0.2) is 9.78 Å². The van der Waals surface area contributed by atoms with Gasteiger partial charge < -0.3 is 5.32 Å². The molecule has 12 heteroatoms. The van der Waals surface area contributed by atoms with Gasteiger partial charge in [0.2, 0.25) is 0 Å². The highest BCUT2D eigenvalue weighted by atomic mass is 19.4. The van der Waals surface area contributed by atoms with Gasteiger partial charge in [0.05, 0.1) is 16.8 Å². The summed E-state index contributed by atoms with van der Waals surface area (Å²) in [4.78, 5) is 28.7. The Balaban J connectivity index is 2.31. The summed E-state index contributed by atoms with van der Waals surface area (Å²) in [5.74, 6) is 0. The summed E-state index contributed by atoms with van der Waals surface area (Å²) in [6.07, 6.45) is -8.79. The molecule has 3 aromatic rings. The molecule has 2 heterocycles. The van der Waals surface area contributed by atoms with Crippen LogP contribution < -0.4 is 16.6 Å². The molecule has 6 nitrogen and oxygen atoms in total. The highest BCUT2D eigenvalue weighted by Gasteiger charge is 2.37. The van der Waals surface area contributed by atoms with Gasteiger partial charge in [-0.2, -0.15) is 26.3 Å². The fourth-order valence-corrected chi connectivity index (χ4v) is 2.96. The molecule has 0 spiro atoms. The van der Waals surface area contributed by atoms with Crippen molar-refractivity contribution in [1.82, 2.24) is 14.1 Å². The molecule has 0 amide bonds. The lowest BCUT2D eigenvalue weighted by Gasteiger charge is -2.17. The third-order valence-corrected chi connectivity index (χ3v) is 4.52.